The first-order valence-electron chi connectivity index (χ1n) is 12.2. The number of ether oxygens (including phenoxy) is 4. The van der Waals surface area contributed by atoms with Crippen molar-refractivity contribution in [3.8, 4) is 0 Å². The first-order chi connectivity index (χ1) is 18.7. The van der Waals surface area contributed by atoms with Crippen molar-refractivity contribution in [1.29, 1.82) is 0 Å². The number of aromatic nitrogens is 1. The van der Waals surface area contributed by atoms with Gasteiger partial charge in [0.05, 0.1) is 19.8 Å². The second-order valence-electron chi connectivity index (χ2n) is 9.01. The number of carbonyl (C=O) groups excluding carboxylic acids is 2. The topological polar surface area (TPSA) is 158 Å². The second kappa shape index (κ2) is 14.5. The van der Waals surface area contributed by atoms with Crippen LogP contribution in [0.3, 0.4) is 0 Å². The first-order valence-corrected chi connectivity index (χ1v) is 14.0. The van der Waals surface area contributed by atoms with Gasteiger partial charge in [0, 0.05) is 6.07 Å². The number of carbonyl (C=O) groups is 2. The van der Waals surface area contributed by atoms with E-state index in [1.807, 2.05) is 60.7 Å². The summed E-state index contributed by atoms with van der Waals surface area (Å²) in [6.07, 6.45) is -1.82. The van der Waals surface area contributed by atoms with Gasteiger partial charge in [0.1, 0.15) is 23.9 Å². The van der Waals surface area contributed by atoms with Crippen molar-refractivity contribution in [1.82, 2.24) is 0 Å². The summed E-state index contributed by atoms with van der Waals surface area (Å²) < 4.78 is 36.9. The molecule has 0 bridgehead atoms. The maximum Gasteiger partial charge on any atom is 0.336 e. The molecule has 4 N–H and O–H groups in total. The highest BCUT2D eigenvalue weighted by atomic mass is 35.5. The third-order valence-electron chi connectivity index (χ3n) is 5.97. The minimum absolute atomic E-state index is 0. The van der Waals surface area contributed by atoms with Gasteiger partial charge in [-0.15, -0.1) is 0 Å². The third kappa shape index (κ3) is 8.94. The average Bonchev–Trinajstić information content (AvgIpc) is 3.24. The molecule has 0 spiro atoms. The Morgan fingerprint density at radius 3 is 2.15 bits per heavy atom. The molecule has 1 aromatic heterocycles. The molecule has 2 aromatic carbocycles. The highest BCUT2D eigenvalue weighted by Crippen LogP contribution is 2.36. The highest BCUT2D eigenvalue weighted by molar-refractivity contribution is 7.52. The average molecular weight is 593 g/mol. The van der Waals surface area contributed by atoms with E-state index < -0.39 is 50.2 Å². The number of hydrogen-bond donors (Lipinski definition) is 3. The Balaban J connectivity index is 0.00000441. The van der Waals surface area contributed by atoms with E-state index in [2.05, 4.69) is 0 Å². The lowest BCUT2D eigenvalue weighted by Gasteiger charge is -2.23. The molecular formula is C27H30ClN2O9P. The largest absolute Gasteiger partial charge is 1.00 e. The molecule has 1 amide bonds. The zero-order chi connectivity index (χ0) is 27.8. The fraction of sp³-hybridized carbons (Fsp3) is 0.296. The quantitative estimate of drug-likeness (QED) is 0.134. The van der Waals surface area contributed by atoms with E-state index in [1.165, 1.54) is 16.8 Å². The van der Waals surface area contributed by atoms with Crippen LogP contribution in [0.1, 0.15) is 27.7 Å². The Morgan fingerprint density at radius 1 is 0.925 bits per heavy atom. The Hall–Kier alpha value is -3.15. The summed E-state index contributed by atoms with van der Waals surface area (Å²) in [4.78, 5) is 43.0. The van der Waals surface area contributed by atoms with Crippen molar-refractivity contribution in [3.63, 3.8) is 0 Å². The maximum atomic E-state index is 12.6. The number of halogens is 1. The number of primary amides is 1. The monoisotopic (exact) mass is 592 g/mol. The molecule has 4 rings (SSSR count). The maximum absolute atomic E-state index is 12.6. The molecule has 11 nitrogen and oxygen atoms in total. The number of nitrogens with zero attached hydrogens (tertiary/aromatic N) is 1. The standard InChI is InChI=1S/C27H29N2O9P.ClH/c28-26(31)21-12-7-13-29(14-21)27-25(38-23(30)18-39(32,33)34)24(36-16-20-10-5-2-6-11-20)22(37-27)17-35-15-19-8-3-1-4-9-19;/h1-14,22,24-25,27H,15-18H2,(H3-,28,31,32,33,34);1H/t22-,24-,25-,27-;/m1./s1. The fourth-order valence-corrected chi connectivity index (χ4v) is 4.61. The lowest BCUT2D eigenvalue weighted by Crippen LogP contribution is -3.00. The molecule has 1 aliphatic rings. The zero-order valence-electron chi connectivity index (χ0n) is 21.3. The Labute approximate surface area is 237 Å². The van der Waals surface area contributed by atoms with Gasteiger partial charge in [-0.2, -0.15) is 4.57 Å². The highest BCUT2D eigenvalue weighted by Gasteiger charge is 2.53. The lowest BCUT2D eigenvalue weighted by molar-refractivity contribution is -0.765. The van der Waals surface area contributed by atoms with E-state index in [4.69, 9.17) is 24.7 Å². The minimum Gasteiger partial charge on any atom is -1.00 e. The Bertz CT molecular complexity index is 1310. The second-order valence-corrected chi connectivity index (χ2v) is 10.7. The zero-order valence-corrected chi connectivity index (χ0v) is 23.0. The van der Waals surface area contributed by atoms with Crippen LogP contribution in [0.4, 0.5) is 0 Å². The summed E-state index contributed by atoms with van der Waals surface area (Å²) in [5.41, 5.74) is 7.43. The summed E-state index contributed by atoms with van der Waals surface area (Å²) in [6, 6.07) is 21.9. The predicted octanol–water partition coefficient (Wildman–Crippen LogP) is -1.13. The fourth-order valence-electron chi connectivity index (χ4n) is 4.20. The van der Waals surface area contributed by atoms with Gasteiger partial charge in [-0.3, -0.25) is 14.2 Å². The number of hydrogen-bond acceptors (Lipinski definition) is 7. The molecule has 1 aliphatic heterocycles. The van der Waals surface area contributed by atoms with Crippen LogP contribution in [0.15, 0.2) is 85.2 Å². The molecule has 1 saturated heterocycles. The molecule has 2 heterocycles. The summed E-state index contributed by atoms with van der Waals surface area (Å²) in [7, 11) is -4.69. The smallest absolute Gasteiger partial charge is 0.336 e. The Morgan fingerprint density at radius 2 is 1.55 bits per heavy atom. The van der Waals surface area contributed by atoms with Crippen LogP contribution < -0.4 is 22.7 Å². The van der Waals surface area contributed by atoms with E-state index in [1.54, 1.807) is 12.3 Å². The SMILES string of the molecule is NC(=O)c1ccc[n+]([C@@H]2O[C@H](COCc3ccccc3)[C@@H](OCc3ccccc3)[C@H]2OC(=O)CP(=O)(O)O)c1.[Cl-]. The van der Waals surface area contributed by atoms with Crippen LogP contribution in [0.5, 0.6) is 0 Å². The molecule has 3 aromatic rings. The van der Waals surface area contributed by atoms with E-state index in [0.717, 1.165) is 11.1 Å². The first kappa shape index (κ1) is 31.4. The van der Waals surface area contributed by atoms with E-state index in [9.17, 15) is 23.9 Å². The molecule has 0 unspecified atom stereocenters. The number of amides is 1. The molecule has 1 fully saturated rings. The number of pyridine rings is 1. The van der Waals surface area contributed by atoms with Crippen LogP contribution in [0.2, 0.25) is 0 Å². The molecular weight excluding hydrogens is 563 g/mol. The normalized spacial score (nSPS) is 20.4. The molecule has 0 radical (unpaired) electrons. The van der Waals surface area contributed by atoms with Gasteiger partial charge in [0.15, 0.2) is 12.4 Å². The van der Waals surface area contributed by atoms with Gasteiger partial charge in [-0.1, -0.05) is 60.7 Å². The van der Waals surface area contributed by atoms with E-state index in [0.29, 0.717) is 6.61 Å². The number of benzene rings is 2. The number of rotatable bonds is 12. The van der Waals surface area contributed by atoms with Crippen LogP contribution in [-0.2, 0) is 41.5 Å². The van der Waals surface area contributed by atoms with Gasteiger partial charge in [0.2, 0.25) is 6.10 Å². The molecule has 13 heteroatoms. The number of esters is 1. The minimum atomic E-state index is -4.69. The van der Waals surface area contributed by atoms with Gasteiger partial charge >= 0.3 is 19.8 Å². The molecule has 0 aliphatic carbocycles. The summed E-state index contributed by atoms with van der Waals surface area (Å²) in [5.74, 6) is -1.79. The number of nitrogens with two attached hydrogens (primary N) is 1. The third-order valence-corrected chi connectivity index (χ3v) is 6.64. The van der Waals surface area contributed by atoms with E-state index >= 15 is 0 Å². The van der Waals surface area contributed by atoms with Crippen molar-refractivity contribution in [2.24, 2.45) is 5.73 Å². The van der Waals surface area contributed by atoms with Gasteiger partial charge in [-0.05, 0) is 17.2 Å². The molecule has 40 heavy (non-hydrogen) atoms. The lowest BCUT2D eigenvalue weighted by atomic mass is 10.1. The van der Waals surface area contributed by atoms with Crippen molar-refractivity contribution in [2.45, 2.75) is 37.8 Å². The molecule has 4 atom stereocenters. The summed E-state index contributed by atoms with van der Waals surface area (Å²) >= 11 is 0. The van der Waals surface area contributed by atoms with E-state index in [-0.39, 0.29) is 31.2 Å². The van der Waals surface area contributed by atoms with Crippen LogP contribution in [-0.4, -0.2) is 52.7 Å². The van der Waals surface area contributed by atoms with Gasteiger partial charge < -0.3 is 46.9 Å². The molecule has 0 saturated carbocycles. The van der Waals surface area contributed by atoms with Crippen molar-refractivity contribution >= 4 is 19.5 Å². The van der Waals surface area contributed by atoms with Crippen molar-refractivity contribution in [2.75, 3.05) is 12.8 Å². The van der Waals surface area contributed by atoms with Gasteiger partial charge in [0.25, 0.3) is 5.91 Å². The van der Waals surface area contributed by atoms with Crippen molar-refractivity contribution < 1.29 is 59.9 Å². The van der Waals surface area contributed by atoms with Crippen molar-refractivity contribution in [3.05, 3.63) is 102 Å². The summed E-state index contributed by atoms with van der Waals surface area (Å²) in [5, 5.41) is 0. The van der Waals surface area contributed by atoms with Gasteiger partial charge in [-0.25, -0.2) is 0 Å². The Kier molecular flexibility index (Phi) is 11.4. The van der Waals surface area contributed by atoms with Crippen LogP contribution in [0.25, 0.3) is 0 Å². The molecule has 214 valence electrons. The summed E-state index contributed by atoms with van der Waals surface area (Å²) in [6.45, 7) is 0.506. The predicted molar refractivity (Wildman–Crippen MR) is 137 cm³/mol. The van der Waals surface area contributed by atoms with Crippen LogP contribution >= 0.6 is 7.60 Å². The van der Waals surface area contributed by atoms with Crippen LogP contribution in [0, 0.1) is 0 Å².